The van der Waals surface area contributed by atoms with Gasteiger partial charge in [0, 0.05) is 0 Å². The molecule has 0 bridgehead atoms. The van der Waals surface area contributed by atoms with Crippen LogP contribution in [0, 0.1) is 0 Å². The van der Waals surface area contributed by atoms with Crippen molar-refractivity contribution in [2.24, 2.45) is 0 Å². The normalized spacial score (nSPS) is 9.85. The monoisotopic (exact) mass is 171 g/mol. The molecule has 0 saturated heterocycles. The van der Waals surface area contributed by atoms with Gasteiger partial charge in [-0.2, -0.15) is 0 Å². The molecular formula is C12H16B. The zero-order valence-corrected chi connectivity index (χ0v) is 8.29. The molecule has 0 spiro atoms. The molecule has 0 amide bonds. The Morgan fingerprint density at radius 1 is 1.23 bits per heavy atom. The summed E-state index contributed by atoms with van der Waals surface area (Å²) in [7, 11) is 5.91. The van der Waals surface area contributed by atoms with Gasteiger partial charge in [-0.25, -0.2) is 0 Å². The van der Waals surface area contributed by atoms with Crippen LogP contribution in [0.2, 0.25) is 0 Å². The van der Waals surface area contributed by atoms with Crippen LogP contribution in [0.3, 0.4) is 0 Å². The molecule has 13 heavy (non-hydrogen) atoms. The second-order valence-corrected chi connectivity index (χ2v) is 3.42. The van der Waals surface area contributed by atoms with Crippen molar-refractivity contribution >= 4 is 13.0 Å². The van der Waals surface area contributed by atoms with Gasteiger partial charge < -0.3 is 0 Å². The van der Waals surface area contributed by atoms with Crippen LogP contribution >= 0.6 is 0 Å². The number of benzene rings is 1. The summed E-state index contributed by atoms with van der Waals surface area (Å²) in [4.78, 5) is 0. The van der Waals surface area contributed by atoms with Crippen molar-refractivity contribution in [2.45, 2.75) is 32.6 Å². The van der Waals surface area contributed by atoms with E-state index in [1.165, 1.54) is 18.4 Å². The maximum absolute atomic E-state index is 5.91. The standard InChI is InChI=1S/C12H16B/c1-2-3-9-12(13)10-11-7-5-4-6-8-11/h4-8H,2-3,9-10H2,1H3. The molecule has 67 valence electrons. The van der Waals surface area contributed by atoms with Crippen molar-refractivity contribution in [1.82, 2.24) is 0 Å². The first-order chi connectivity index (χ1) is 6.33. The van der Waals surface area contributed by atoms with E-state index in [2.05, 4.69) is 31.2 Å². The average molecular weight is 171 g/mol. The van der Waals surface area contributed by atoms with Gasteiger partial charge in [0.05, 0.1) is 0 Å². The van der Waals surface area contributed by atoms with Crippen molar-refractivity contribution in [3.05, 3.63) is 35.9 Å². The summed E-state index contributed by atoms with van der Waals surface area (Å²) in [6.07, 6.45) is 4.42. The van der Waals surface area contributed by atoms with Gasteiger partial charge in [-0.05, 0) is 0 Å². The molecular weight excluding hydrogens is 155 g/mol. The Hall–Kier alpha value is -0.845. The molecule has 1 aromatic carbocycles. The van der Waals surface area contributed by atoms with Gasteiger partial charge in [0.1, 0.15) is 0 Å². The zero-order chi connectivity index (χ0) is 9.52. The van der Waals surface area contributed by atoms with E-state index < -0.39 is 0 Å². The van der Waals surface area contributed by atoms with E-state index in [-0.39, 0.29) is 0 Å². The SMILES string of the molecule is [B]=C(CCCC)Cc1ccccc1. The fraction of sp³-hybridized carbons (Fsp3) is 0.417. The Bertz CT molecular complexity index is 251. The summed E-state index contributed by atoms with van der Waals surface area (Å²) in [6, 6.07) is 10.4. The molecule has 0 aliphatic rings. The molecule has 0 aromatic heterocycles. The summed E-state index contributed by atoms with van der Waals surface area (Å²) in [5.74, 6) is 0. The second-order valence-electron chi connectivity index (χ2n) is 3.42. The molecule has 1 aromatic rings. The van der Waals surface area contributed by atoms with Crippen LogP contribution < -0.4 is 0 Å². The van der Waals surface area contributed by atoms with E-state index in [9.17, 15) is 0 Å². The van der Waals surface area contributed by atoms with Crippen molar-refractivity contribution in [2.75, 3.05) is 0 Å². The van der Waals surface area contributed by atoms with Crippen molar-refractivity contribution in [3.63, 3.8) is 0 Å². The third-order valence-electron chi connectivity index (χ3n) is 2.13. The molecule has 0 saturated carbocycles. The van der Waals surface area contributed by atoms with Gasteiger partial charge in [-0.3, -0.25) is 0 Å². The molecule has 0 unspecified atom stereocenters. The van der Waals surface area contributed by atoms with Crippen LogP contribution in [0.1, 0.15) is 31.7 Å². The third kappa shape index (κ3) is 4.07. The summed E-state index contributed by atoms with van der Waals surface area (Å²) < 4.78 is 0. The van der Waals surface area contributed by atoms with Crippen molar-refractivity contribution in [1.29, 1.82) is 0 Å². The fourth-order valence-corrected chi connectivity index (χ4v) is 1.35. The molecule has 0 atom stereocenters. The molecule has 1 radical (unpaired) electrons. The van der Waals surface area contributed by atoms with E-state index in [1.807, 2.05) is 6.07 Å². The van der Waals surface area contributed by atoms with Crippen LogP contribution in [-0.4, -0.2) is 13.0 Å². The van der Waals surface area contributed by atoms with Gasteiger partial charge in [0.15, 0.2) is 0 Å². The van der Waals surface area contributed by atoms with E-state index in [4.69, 9.17) is 7.49 Å². The number of hydrogen-bond donors (Lipinski definition) is 0. The van der Waals surface area contributed by atoms with Gasteiger partial charge in [-0.15, -0.1) is 0 Å². The van der Waals surface area contributed by atoms with E-state index in [1.54, 1.807) is 0 Å². The minimum atomic E-state index is 0.931. The van der Waals surface area contributed by atoms with E-state index >= 15 is 0 Å². The molecule has 0 heterocycles. The van der Waals surface area contributed by atoms with Gasteiger partial charge in [0.25, 0.3) is 0 Å². The summed E-state index contributed by atoms with van der Waals surface area (Å²) >= 11 is 0. The molecule has 0 nitrogen and oxygen atoms in total. The first kappa shape index (κ1) is 10.2. The van der Waals surface area contributed by atoms with Gasteiger partial charge >= 0.3 is 81.5 Å². The van der Waals surface area contributed by atoms with Crippen LogP contribution in [0.15, 0.2) is 30.3 Å². The zero-order valence-electron chi connectivity index (χ0n) is 8.29. The molecule has 1 rings (SSSR count). The first-order valence-electron chi connectivity index (χ1n) is 4.97. The minimum absolute atomic E-state index is 0.931. The molecule has 0 N–H and O–H groups in total. The van der Waals surface area contributed by atoms with Crippen LogP contribution in [0.5, 0.6) is 0 Å². The summed E-state index contributed by atoms with van der Waals surface area (Å²) in [5, 5.41) is 0. The fourth-order valence-electron chi connectivity index (χ4n) is 1.35. The number of hydrogen-bond acceptors (Lipinski definition) is 0. The van der Waals surface area contributed by atoms with Gasteiger partial charge in [-0.1, -0.05) is 0 Å². The molecule has 0 fully saturated rings. The Morgan fingerprint density at radius 2 is 1.92 bits per heavy atom. The van der Waals surface area contributed by atoms with Crippen LogP contribution in [0.25, 0.3) is 0 Å². The first-order valence-corrected chi connectivity index (χ1v) is 4.97. The second kappa shape index (κ2) is 5.74. The summed E-state index contributed by atoms with van der Waals surface area (Å²) in [5.41, 5.74) is 2.42. The van der Waals surface area contributed by atoms with Crippen LogP contribution in [0.4, 0.5) is 0 Å². The van der Waals surface area contributed by atoms with Crippen LogP contribution in [-0.2, 0) is 6.42 Å². The predicted octanol–water partition coefficient (Wildman–Crippen LogP) is 2.76. The van der Waals surface area contributed by atoms with Crippen molar-refractivity contribution in [3.8, 4) is 0 Å². The molecule has 0 aliphatic carbocycles. The number of unbranched alkanes of at least 4 members (excludes halogenated alkanes) is 1. The van der Waals surface area contributed by atoms with E-state index in [0.29, 0.717) is 0 Å². The summed E-state index contributed by atoms with van der Waals surface area (Å²) in [6.45, 7) is 2.19. The van der Waals surface area contributed by atoms with Gasteiger partial charge in [0.2, 0.25) is 0 Å². The Labute approximate surface area is 82.1 Å². The quantitative estimate of drug-likeness (QED) is 0.597. The Morgan fingerprint density at radius 3 is 2.54 bits per heavy atom. The Balaban J connectivity index is 2.37. The van der Waals surface area contributed by atoms with Crippen molar-refractivity contribution < 1.29 is 0 Å². The predicted molar refractivity (Wildman–Crippen MR) is 60.4 cm³/mol. The molecule has 1 heteroatoms. The van der Waals surface area contributed by atoms with E-state index in [0.717, 1.165) is 18.3 Å². The number of rotatable bonds is 5. The average Bonchev–Trinajstić information content (AvgIpc) is 2.16. The third-order valence-corrected chi connectivity index (χ3v) is 2.13. The molecule has 0 aliphatic heterocycles. The maximum atomic E-state index is 5.91. The Kier molecular flexibility index (Phi) is 4.52. The topological polar surface area (TPSA) is 0 Å².